The first kappa shape index (κ1) is 14.0. The summed E-state index contributed by atoms with van der Waals surface area (Å²) in [7, 11) is 0. The van der Waals surface area contributed by atoms with Crippen LogP contribution in [-0.2, 0) is 11.3 Å². The third-order valence-electron chi connectivity index (χ3n) is 3.39. The second kappa shape index (κ2) is 6.63. The molecule has 19 heavy (non-hydrogen) atoms. The molecule has 5 nitrogen and oxygen atoms in total. The van der Waals surface area contributed by atoms with E-state index in [1.165, 1.54) is 0 Å². The number of nitrogens with zero attached hydrogens (tertiary/aromatic N) is 2. The van der Waals surface area contributed by atoms with E-state index in [-0.39, 0.29) is 5.69 Å². The summed E-state index contributed by atoms with van der Waals surface area (Å²) in [5.74, 6) is -0.975. The van der Waals surface area contributed by atoms with Gasteiger partial charge in [-0.05, 0) is 37.5 Å². The van der Waals surface area contributed by atoms with Crippen LogP contribution < -0.4 is 0 Å². The minimum Gasteiger partial charge on any atom is -0.477 e. The van der Waals surface area contributed by atoms with Crippen LogP contribution in [0.25, 0.3) is 0 Å². The molecular formula is C14H20N2O3. The molecule has 5 heteroatoms. The van der Waals surface area contributed by atoms with E-state index in [9.17, 15) is 4.79 Å². The fourth-order valence-electron chi connectivity index (χ4n) is 2.42. The van der Waals surface area contributed by atoms with Crippen molar-refractivity contribution in [2.24, 2.45) is 0 Å². The Hall–Kier alpha value is -1.46. The highest BCUT2D eigenvalue weighted by Gasteiger charge is 2.19. The summed E-state index contributed by atoms with van der Waals surface area (Å²) in [6.45, 7) is 5.57. The Bertz CT molecular complexity index is 428. The molecule has 1 aliphatic heterocycles. The number of hydrogen-bond donors (Lipinski definition) is 1. The molecule has 104 valence electrons. The molecule has 2 rings (SSSR count). The van der Waals surface area contributed by atoms with Crippen molar-refractivity contribution in [2.45, 2.75) is 32.4 Å². The molecule has 1 aliphatic rings. The van der Waals surface area contributed by atoms with E-state index in [1.807, 2.05) is 13.0 Å². The zero-order valence-electron chi connectivity index (χ0n) is 11.2. The fourth-order valence-corrected chi connectivity index (χ4v) is 2.42. The maximum absolute atomic E-state index is 10.9. The number of pyridine rings is 1. The first-order valence-corrected chi connectivity index (χ1v) is 6.71. The summed E-state index contributed by atoms with van der Waals surface area (Å²) in [5, 5.41) is 8.92. The maximum atomic E-state index is 10.9. The van der Waals surface area contributed by atoms with Gasteiger partial charge in [-0.2, -0.15) is 0 Å². The molecule has 0 radical (unpaired) electrons. The summed E-state index contributed by atoms with van der Waals surface area (Å²) >= 11 is 0. The van der Waals surface area contributed by atoms with Crippen molar-refractivity contribution in [1.29, 1.82) is 0 Å². The average Bonchev–Trinajstić information content (AvgIpc) is 2.42. The number of carbonyl (C=O) groups is 1. The van der Waals surface area contributed by atoms with Gasteiger partial charge >= 0.3 is 5.97 Å². The molecule has 0 bridgehead atoms. The minimum atomic E-state index is -0.975. The molecule has 1 saturated heterocycles. The second-order valence-electron chi connectivity index (χ2n) is 4.79. The Morgan fingerprint density at radius 1 is 1.53 bits per heavy atom. The number of hydrogen-bond acceptors (Lipinski definition) is 4. The van der Waals surface area contributed by atoms with Crippen molar-refractivity contribution in [2.75, 3.05) is 19.7 Å². The molecule has 0 aromatic carbocycles. The Labute approximate surface area is 113 Å². The molecule has 0 amide bonds. The van der Waals surface area contributed by atoms with Gasteiger partial charge in [0.05, 0.1) is 6.10 Å². The van der Waals surface area contributed by atoms with E-state index in [2.05, 4.69) is 9.88 Å². The molecule has 0 saturated carbocycles. The number of ether oxygens (including phenoxy) is 1. The van der Waals surface area contributed by atoms with Crippen molar-refractivity contribution in [3.63, 3.8) is 0 Å². The standard InChI is InChI=1S/C14H20N2O3/c1-2-19-12-4-7-16(8-5-12)10-11-3-6-15-13(9-11)14(17)18/h3,6,9,12H,2,4-5,7-8,10H2,1H3,(H,17,18). The van der Waals surface area contributed by atoms with Crippen LogP contribution in [0, 0.1) is 0 Å². The van der Waals surface area contributed by atoms with Gasteiger partial charge in [0.15, 0.2) is 0 Å². The number of aromatic carboxylic acids is 1. The first-order valence-electron chi connectivity index (χ1n) is 6.71. The van der Waals surface area contributed by atoms with Gasteiger partial charge in [-0.15, -0.1) is 0 Å². The number of rotatable bonds is 5. The predicted octanol–water partition coefficient (Wildman–Crippen LogP) is 1.78. The van der Waals surface area contributed by atoms with Gasteiger partial charge in [0.25, 0.3) is 0 Å². The Morgan fingerprint density at radius 2 is 2.26 bits per heavy atom. The predicted molar refractivity (Wildman–Crippen MR) is 71.1 cm³/mol. The van der Waals surface area contributed by atoms with E-state index in [4.69, 9.17) is 9.84 Å². The molecule has 0 spiro atoms. The van der Waals surface area contributed by atoms with Gasteiger partial charge in [0, 0.05) is 32.4 Å². The zero-order valence-corrected chi connectivity index (χ0v) is 11.2. The van der Waals surface area contributed by atoms with Crippen molar-refractivity contribution in [1.82, 2.24) is 9.88 Å². The van der Waals surface area contributed by atoms with Crippen LogP contribution in [0.4, 0.5) is 0 Å². The second-order valence-corrected chi connectivity index (χ2v) is 4.79. The number of aromatic nitrogens is 1. The molecule has 1 fully saturated rings. The minimum absolute atomic E-state index is 0.113. The van der Waals surface area contributed by atoms with Crippen molar-refractivity contribution >= 4 is 5.97 Å². The molecule has 0 unspecified atom stereocenters. The summed E-state index contributed by atoms with van der Waals surface area (Å²) in [5.41, 5.74) is 1.11. The summed E-state index contributed by atoms with van der Waals surface area (Å²) in [4.78, 5) is 17.0. The lowest BCUT2D eigenvalue weighted by Crippen LogP contribution is -2.36. The SMILES string of the molecule is CCOC1CCN(Cc2ccnc(C(=O)O)c2)CC1. The third-order valence-corrected chi connectivity index (χ3v) is 3.39. The fraction of sp³-hybridized carbons (Fsp3) is 0.571. The van der Waals surface area contributed by atoms with Crippen LogP contribution in [0.5, 0.6) is 0 Å². The van der Waals surface area contributed by atoms with Crippen LogP contribution in [0.3, 0.4) is 0 Å². The highest BCUT2D eigenvalue weighted by atomic mass is 16.5. The van der Waals surface area contributed by atoms with Crippen molar-refractivity contribution in [3.8, 4) is 0 Å². The Morgan fingerprint density at radius 3 is 2.89 bits per heavy atom. The van der Waals surface area contributed by atoms with Gasteiger partial charge in [0.2, 0.25) is 0 Å². The summed E-state index contributed by atoms with van der Waals surface area (Å²) < 4.78 is 5.62. The maximum Gasteiger partial charge on any atom is 0.354 e. The van der Waals surface area contributed by atoms with E-state index in [0.717, 1.165) is 44.6 Å². The lowest BCUT2D eigenvalue weighted by Gasteiger charge is -2.31. The Kier molecular flexibility index (Phi) is 4.87. The van der Waals surface area contributed by atoms with E-state index in [0.29, 0.717) is 6.10 Å². The van der Waals surface area contributed by atoms with Gasteiger partial charge in [-0.3, -0.25) is 4.90 Å². The van der Waals surface area contributed by atoms with Gasteiger partial charge in [-0.25, -0.2) is 9.78 Å². The number of likely N-dealkylation sites (tertiary alicyclic amines) is 1. The lowest BCUT2D eigenvalue weighted by atomic mass is 10.1. The lowest BCUT2D eigenvalue weighted by molar-refractivity contribution is 0.0125. The van der Waals surface area contributed by atoms with Crippen molar-refractivity contribution < 1.29 is 14.6 Å². The van der Waals surface area contributed by atoms with Crippen LogP contribution in [-0.4, -0.2) is 46.8 Å². The molecule has 0 aliphatic carbocycles. The molecular weight excluding hydrogens is 244 g/mol. The zero-order chi connectivity index (χ0) is 13.7. The Balaban J connectivity index is 1.88. The quantitative estimate of drug-likeness (QED) is 0.878. The first-order chi connectivity index (χ1) is 9.19. The smallest absolute Gasteiger partial charge is 0.354 e. The van der Waals surface area contributed by atoms with Crippen LogP contribution in [0.1, 0.15) is 35.8 Å². The topological polar surface area (TPSA) is 62.7 Å². The largest absolute Gasteiger partial charge is 0.477 e. The van der Waals surface area contributed by atoms with Crippen LogP contribution >= 0.6 is 0 Å². The van der Waals surface area contributed by atoms with E-state index in [1.54, 1.807) is 12.3 Å². The summed E-state index contributed by atoms with van der Waals surface area (Å²) in [6.07, 6.45) is 4.04. The van der Waals surface area contributed by atoms with E-state index < -0.39 is 5.97 Å². The highest BCUT2D eigenvalue weighted by Crippen LogP contribution is 2.16. The van der Waals surface area contributed by atoms with Gasteiger partial charge in [0.1, 0.15) is 5.69 Å². The molecule has 2 heterocycles. The van der Waals surface area contributed by atoms with Crippen LogP contribution in [0.15, 0.2) is 18.3 Å². The molecule has 0 atom stereocenters. The van der Waals surface area contributed by atoms with E-state index >= 15 is 0 Å². The van der Waals surface area contributed by atoms with Gasteiger partial charge < -0.3 is 9.84 Å². The normalized spacial score (nSPS) is 17.5. The average molecular weight is 264 g/mol. The third kappa shape index (κ3) is 4.01. The number of carboxylic acid groups (broad SMARTS) is 1. The molecule has 1 N–H and O–H groups in total. The monoisotopic (exact) mass is 264 g/mol. The number of piperidine rings is 1. The highest BCUT2D eigenvalue weighted by molar-refractivity contribution is 5.85. The number of carboxylic acids is 1. The van der Waals surface area contributed by atoms with Gasteiger partial charge in [-0.1, -0.05) is 0 Å². The summed E-state index contributed by atoms with van der Waals surface area (Å²) in [6, 6.07) is 3.53. The van der Waals surface area contributed by atoms with Crippen molar-refractivity contribution in [3.05, 3.63) is 29.6 Å². The molecule has 1 aromatic rings. The molecule has 1 aromatic heterocycles. The van der Waals surface area contributed by atoms with Crippen LogP contribution in [0.2, 0.25) is 0 Å².